The predicted molar refractivity (Wildman–Crippen MR) is 134 cm³/mol. The van der Waals surface area contributed by atoms with E-state index in [-0.39, 0.29) is 55.4 Å². The molecule has 4 rings (SSSR count). The number of benzene rings is 2. The summed E-state index contributed by atoms with van der Waals surface area (Å²) in [7, 11) is 0. The Morgan fingerprint density at radius 2 is 1.70 bits per heavy atom. The van der Waals surface area contributed by atoms with Crippen LogP contribution in [0.5, 0.6) is 11.5 Å². The summed E-state index contributed by atoms with van der Waals surface area (Å²) >= 11 is 0. The second kappa shape index (κ2) is 11.2. The number of hydrogen-bond donors (Lipinski definition) is 0. The fourth-order valence-electron chi connectivity index (χ4n) is 4.08. The third-order valence-electron chi connectivity index (χ3n) is 5.83. The van der Waals surface area contributed by atoms with E-state index in [9.17, 15) is 19.7 Å². The summed E-state index contributed by atoms with van der Waals surface area (Å²) in [6.45, 7) is 6.59. The summed E-state index contributed by atoms with van der Waals surface area (Å²) in [5.74, 6) is 2.11. The number of furan rings is 1. The van der Waals surface area contributed by atoms with Gasteiger partial charge in [-0.05, 0) is 54.8 Å². The topological polar surface area (TPSA) is 115 Å². The first-order chi connectivity index (χ1) is 17.7. The van der Waals surface area contributed by atoms with Crippen LogP contribution in [0.4, 0.5) is 5.69 Å². The molecule has 37 heavy (non-hydrogen) atoms. The van der Waals surface area contributed by atoms with Crippen molar-refractivity contribution in [2.45, 2.75) is 33.9 Å². The summed E-state index contributed by atoms with van der Waals surface area (Å²) in [6, 6.07) is 14.6. The number of amides is 2. The van der Waals surface area contributed by atoms with E-state index in [0.717, 1.165) is 11.3 Å². The second-order valence-corrected chi connectivity index (χ2v) is 9.33. The molecule has 1 aliphatic rings. The van der Waals surface area contributed by atoms with Crippen LogP contribution < -0.4 is 9.47 Å². The Labute approximate surface area is 214 Å². The smallest absolute Gasteiger partial charge is 0.269 e. The quantitative estimate of drug-likeness (QED) is 0.292. The highest BCUT2D eigenvalue weighted by Gasteiger charge is 2.25. The van der Waals surface area contributed by atoms with Gasteiger partial charge in [-0.15, -0.1) is 0 Å². The maximum Gasteiger partial charge on any atom is 0.269 e. The first kappa shape index (κ1) is 25.7. The minimum absolute atomic E-state index is 0.102. The number of fused-ring (bicyclic) bond motifs is 1. The average molecular weight is 508 g/mol. The van der Waals surface area contributed by atoms with Crippen molar-refractivity contribution in [3.63, 3.8) is 0 Å². The lowest BCUT2D eigenvalue weighted by atomic mass is 10.1. The zero-order chi connectivity index (χ0) is 26.5. The molecule has 0 saturated carbocycles. The maximum absolute atomic E-state index is 13.6. The molecule has 0 saturated heterocycles. The Morgan fingerprint density at radius 3 is 2.35 bits per heavy atom. The van der Waals surface area contributed by atoms with E-state index in [1.807, 2.05) is 45.0 Å². The van der Waals surface area contributed by atoms with Crippen molar-refractivity contribution in [3.8, 4) is 11.5 Å². The van der Waals surface area contributed by atoms with Gasteiger partial charge < -0.3 is 23.7 Å². The standard InChI is InChI=1S/C27H29N3O7/c1-18(2)13-29(27(32)21-6-8-22(9-7-21)30(33)34)16-26(31)28(15-23-10-4-19(3)37-23)14-20-5-11-24-25(12-20)36-17-35-24/h4-12,18H,13-17H2,1-3H3. The molecule has 0 N–H and O–H groups in total. The summed E-state index contributed by atoms with van der Waals surface area (Å²) in [5, 5.41) is 11.0. The van der Waals surface area contributed by atoms with Gasteiger partial charge >= 0.3 is 0 Å². The number of nitro groups is 1. The molecular weight excluding hydrogens is 478 g/mol. The number of ether oxygens (including phenoxy) is 2. The van der Waals surface area contributed by atoms with Crippen LogP contribution in [0.1, 0.15) is 41.3 Å². The molecule has 2 amide bonds. The predicted octanol–water partition coefficient (Wildman–Crippen LogP) is 4.55. The molecule has 0 spiro atoms. The molecule has 2 heterocycles. The number of carbonyl (C=O) groups is 2. The Hall–Kier alpha value is -4.34. The lowest BCUT2D eigenvalue weighted by molar-refractivity contribution is -0.384. The summed E-state index contributed by atoms with van der Waals surface area (Å²) in [6.07, 6.45) is 0. The van der Waals surface area contributed by atoms with Gasteiger partial charge in [0.05, 0.1) is 11.5 Å². The third kappa shape index (κ3) is 6.46. The van der Waals surface area contributed by atoms with Gasteiger partial charge in [0.1, 0.15) is 18.1 Å². The summed E-state index contributed by atoms with van der Waals surface area (Å²) in [5.41, 5.74) is 1.02. The second-order valence-electron chi connectivity index (χ2n) is 9.33. The zero-order valence-electron chi connectivity index (χ0n) is 21.0. The fourth-order valence-corrected chi connectivity index (χ4v) is 4.08. The van der Waals surface area contributed by atoms with Gasteiger partial charge in [-0.25, -0.2) is 0 Å². The van der Waals surface area contributed by atoms with Crippen molar-refractivity contribution < 1.29 is 28.4 Å². The number of nitrogens with zero attached hydrogens (tertiary/aromatic N) is 3. The largest absolute Gasteiger partial charge is 0.464 e. The molecule has 10 nitrogen and oxygen atoms in total. The van der Waals surface area contributed by atoms with Crippen LogP contribution in [0.25, 0.3) is 0 Å². The van der Waals surface area contributed by atoms with Crippen LogP contribution in [0.2, 0.25) is 0 Å². The van der Waals surface area contributed by atoms with Gasteiger partial charge in [0.2, 0.25) is 12.7 Å². The Bertz CT molecular complexity index is 1280. The van der Waals surface area contributed by atoms with E-state index >= 15 is 0 Å². The van der Waals surface area contributed by atoms with Crippen LogP contribution in [0.15, 0.2) is 59.0 Å². The minimum Gasteiger partial charge on any atom is -0.464 e. The minimum atomic E-state index is -0.520. The van der Waals surface area contributed by atoms with Gasteiger partial charge in [-0.3, -0.25) is 19.7 Å². The normalized spacial score (nSPS) is 12.0. The van der Waals surface area contributed by atoms with Gasteiger partial charge in [-0.1, -0.05) is 19.9 Å². The lowest BCUT2D eigenvalue weighted by Crippen LogP contribution is -2.43. The molecule has 0 atom stereocenters. The highest BCUT2D eigenvalue weighted by atomic mass is 16.7. The Kier molecular flexibility index (Phi) is 7.76. The number of non-ortho nitro benzene ring substituents is 1. The molecule has 194 valence electrons. The van der Waals surface area contributed by atoms with Crippen molar-refractivity contribution in [2.75, 3.05) is 19.9 Å². The van der Waals surface area contributed by atoms with Crippen molar-refractivity contribution in [1.29, 1.82) is 0 Å². The summed E-state index contributed by atoms with van der Waals surface area (Å²) in [4.78, 5) is 40.5. The number of carbonyl (C=O) groups excluding carboxylic acids is 2. The van der Waals surface area contributed by atoms with Gasteiger partial charge in [0.15, 0.2) is 11.5 Å². The number of hydrogen-bond acceptors (Lipinski definition) is 7. The van der Waals surface area contributed by atoms with Crippen LogP contribution in [0.3, 0.4) is 0 Å². The molecule has 2 aromatic carbocycles. The average Bonchev–Trinajstić information content (AvgIpc) is 3.50. The molecule has 1 aliphatic heterocycles. The summed E-state index contributed by atoms with van der Waals surface area (Å²) < 4.78 is 16.6. The Morgan fingerprint density at radius 1 is 0.973 bits per heavy atom. The lowest BCUT2D eigenvalue weighted by Gasteiger charge is -2.28. The molecule has 0 aliphatic carbocycles. The highest BCUT2D eigenvalue weighted by molar-refractivity contribution is 5.96. The first-order valence-corrected chi connectivity index (χ1v) is 11.9. The number of rotatable bonds is 10. The van der Waals surface area contributed by atoms with Crippen molar-refractivity contribution in [1.82, 2.24) is 9.80 Å². The van der Waals surface area contributed by atoms with E-state index in [4.69, 9.17) is 13.9 Å². The monoisotopic (exact) mass is 507 g/mol. The molecule has 3 aromatic rings. The number of aryl methyl sites for hydroxylation is 1. The van der Waals surface area contributed by atoms with Crippen LogP contribution in [-0.2, 0) is 17.9 Å². The molecule has 0 radical (unpaired) electrons. The first-order valence-electron chi connectivity index (χ1n) is 11.9. The van der Waals surface area contributed by atoms with Crippen molar-refractivity contribution in [2.24, 2.45) is 5.92 Å². The highest BCUT2D eigenvalue weighted by Crippen LogP contribution is 2.33. The number of nitro benzene ring substituents is 1. The van der Waals surface area contributed by atoms with Gasteiger partial charge in [0, 0.05) is 30.8 Å². The Balaban J connectivity index is 1.55. The van der Waals surface area contributed by atoms with Crippen molar-refractivity contribution >= 4 is 17.5 Å². The van der Waals surface area contributed by atoms with E-state index < -0.39 is 4.92 Å². The molecule has 10 heteroatoms. The van der Waals surface area contributed by atoms with E-state index in [1.165, 1.54) is 29.2 Å². The zero-order valence-corrected chi connectivity index (χ0v) is 21.0. The van der Waals surface area contributed by atoms with E-state index in [1.54, 1.807) is 11.0 Å². The van der Waals surface area contributed by atoms with Gasteiger partial charge in [0.25, 0.3) is 11.6 Å². The van der Waals surface area contributed by atoms with Crippen LogP contribution in [-0.4, -0.2) is 46.4 Å². The molecule has 0 unspecified atom stereocenters. The third-order valence-corrected chi connectivity index (χ3v) is 5.83. The fraction of sp³-hybridized carbons (Fsp3) is 0.333. The molecular formula is C27H29N3O7. The van der Waals surface area contributed by atoms with E-state index in [0.29, 0.717) is 23.8 Å². The maximum atomic E-state index is 13.6. The van der Waals surface area contributed by atoms with E-state index in [2.05, 4.69) is 0 Å². The van der Waals surface area contributed by atoms with Crippen LogP contribution >= 0.6 is 0 Å². The SMILES string of the molecule is Cc1ccc(CN(Cc2ccc3c(c2)OCO3)C(=O)CN(CC(C)C)C(=O)c2ccc([N+](=O)[O-])cc2)o1. The van der Waals surface area contributed by atoms with Crippen molar-refractivity contribution in [3.05, 3.63) is 87.4 Å². The van der Waals surface area contributed by atoms with Gasteiger partial charge in [-0.2, -0.15) is 0 Å². The van der Waals surface area contributed by atoms with Crippen LogP contribution in [0, 0.1) is 23.0 Å². The molecule has 0 fully saturated rings. The molecule has 0 bridgehead atoms. The molecule has 1 aromatic heterocycles.